The van der Waals surface area contributed by atoms with Gasteiger partial charge >= 0.3 is 5.97 Å². The Balaban J connectivity index is 2.00. The molecule has 0 spiro atoms. The predicted molar refractivity (Wildman–Crippen MR) is 75.5 cm³/mol. The van der Waals surface area contributed by atoms with Crippen LogP contribution in [0.4, 0.5) is 0 Å². The molecule has 0 aliphatic rings. The standard InChI is InChI=1S/C14H16N2O2S/c1-11-15-10-13(14(17)18-2)16(11)8-9-19-12-6-4-3-5-7-12/h3-7,10H,8-9H2,1-2H3. The number of carbonyl (C=O) groups is 1. The number of nitrogens with zero attached hydrogens (tertiary/aromatic N) is 2. The molecular weight excluding hydrogens is 260 g/mol. The second kappa shape index (κ2) is 6.43. The van der Waals surface area contributed by atoms with E-state index in [1.807, 2.05) is 29.7 Å². The van der Waals surface area contributed by atoms with Crippen LogP contribution in [0.2, 0.25) is 0 Å². The van der Waals surface area contributed by atoms with Crippen LogP contribution in [-0.4, -0.2) is 28.4 Å². The highest BCUT2D eigenvalue weighted by molar-refractivity contribution is 7.99. The zero-order valence-electron chi connectivity index (χ0n) is 11.0. The third-order valence-corrected chi connectivity index (χ3v) is 3.77. The molecule has 0 bridgehead atoms. The van der Waals surface area contributed by atoms with Crippen LogP contribution in [0.15, 0.2) is 41.4 Å². The topological polar surface area (TPSA) is 44.1 Å². The minimum Gasteiger partial charge on any atom is -0.464 e. The molecule has 0 fully saturated rings. The summed E-state index contributed by atoms with van der Waals surface area (Å²) in [6.45, 7) is 2.62. The summed E-state index contributed by atoms with van der Waals surface area (Å²) in [5.41, 5.74) is 0.508. The lowest BCUT2D eigenvalue weighted by Crippen LogP contribution is -2.13. The molecule has 0 N–H and O–H groups in total. The van der Waals surface area contributed by atoms with Crippen molar-refractivity contribution in [3.8, 4) is 0 Å². The lowest BCUT2D eigenvalue weighted by Gasteiger charge is -2.08. The first kappa shape index (κ1) is 13.7. The molecule has 4 nitrogen and oxygen atoms in total. The van der Waals surface area contributed by atoms with Gasteiger partial charge in [-0.2, -0.15) is 0 Å². The number of benzene rings is 1. The van der Waals surface area contributed by atoms with Gasteiger partial charge < -0.3 is 9.30 Å². The lowest BCUT2D eigenvalue weighted by molar-refractivity contribution is 0.0588. The molecule has 5 heteroatoms. The summed E-state index contributed by atoms with van der Waals surface area (Å²) in [6.07, 6.45) is 1.56. The number of aryl methyl sites for hydroxylation is 1. The zero-order valence-corrected chi connectivity index (χ0v) is 11.8. The van der Waals surface area contributed by atoms with Gasteiger partial charge in [-0.15, -0.1) is 11.8 Å². The number of hydrogen-bond donors (Lipinski definition) is 0. The summed E-state index contributed by atoms with van der Waals surface area (Å²) in [7, 11) is 1.38. The van der Waals surface area contributed by atoms with Crippen LogP contribution >= 0.6 is 11.8 Å². The van der Waals surface area contributed by atoms with E-state index in [0.29, 0.717) is 5.69 Å². The van der Waals surface area contributed by atoms with Crippen LogP contribution in [-0.2, 0) is 11.3 Å². The molecule has 0 aliphatic heterocycles. The van der Waals surface area contributed by atoms with Crippen molar-refractivity contribution in [1.29, 1.82) is 0 Å². The molecule has 0 atom stereocenters. The van der Waals surface area contributed by atoms with E-state index in [0.717, 1.165) is 18.1 Å². The number of carbonyl (C=O) groups excluding carboxylic acids is 1. The molecular formula is C14H16N2O2S. The fourth-order valence-electron chi connectivity index (χ4n) is 1.79. The maximum atomic E-state index is 11.6. The first-order chi connectivity index (χ1) is 9.22. The van der Waals surface area contributed by atoms with Gasteiger partial charge in [0, 0.05) is 17.2 Å². The molecule has 100 valence electrons. The Morgan fingerprint density at radius 2 is 2.11 bits per heavy atom. The molecule has 0 unspecified atom stereocenters. The number of thioether (sulfide) groups is 1. The molecule has 1 aromatic heterocycles. The first-order valence-electron chi connectivity index (χ1n) is 6.00. The average Bonchev–Trinajstić information content (AvgIpc) is 2.81. The van der Waals surface area contributed by atoms with Gasteiger partial charge in [0.1, 0.15) is 11.5 Å². The molecule has 19 heavy (non-hydrogen) atoms. The van der Waals surface area contributed by atoms with E-state index in [-0.39, 0.29) is 5.97 Å². The van der Waals surface area contributed by atoms with Crippen molar-refractivity contribution in [2.75, 3.05) is 12.9 Å². The maximum absolute atomic E-state index is 11.6. The van der Waals surface area contributed by atoms with E-state index in [9.17, 15) is 4.79 Å². The fraction of sp³-hybridized carbons (Fsp3) is 0.286. The largest absolute Gasteiger partial charge is 0.464 e. The van der Waals surface area contributed by atoms with Crippen LogP contribution in [0.5, 0.6) is 0 Å². The van der Waals surface area contributed by atoms with Crippen molar-refractivity contribution < 1.29 is 9.53 Å². The summed E-state index contributed by atoms with van der Waals surface area (Å²) in [4.78, 5) is 17.0. The van der Waals surface area contributed by atoms with Gasteiger partial charge in [0.25, 0.3) is 0 Å². The van der Waals surface area contributed by atoms with Crippen LogP contribution < -0.4 is 0 Å². The predicted octanol–water partition coefficient (Wildman–Crippen LogP) is 2.77. The molecule has 0 radical (unpaired) electrons. The fourth-order valence-corrected chi connectivity index (χ4v) is 2.65. The lowest BCUT2D eigenvalue weighted by atomic mass is 10.4. The highest BCUT2D eigenvalue weighted by Crippen LogP contribution is 2.18. The minimum absolute atomic E-state index is 0.342. The van der Waals surface area contributed by atoms with Gasteiger partial charge in [-0.25, -0.2) is 9.78 Å². The second-order valence-corrected chi connectivity index (χ2v) is 5.16. The van der Waals surface area contributed by atoms with Crippen molar-refractivity contribution >= 4 is 17.7 Å². The van der Waals surface area contributed by atoms with Gasteiger partial charge in [-0.1, -0.05) is 18.2 Å². The Hall–Kier alpha value is -1.75. The van der Waals surface area contributed by atoms with Crippen molar-refractivity contribution in [1.82, 2.24) is 9.55 Å². The first-order valence-corrected chi connectivity index (χ1v) is 6.99. The summed E-state index contributed by atoms with van der Waals surface area (Å²) in [5.74, 6) is 1.37. The molecule has 0 saturated heterocycles. The van der Waals surface area contributed by atoms with Gasteiger partial charge in [0.05, 0.1) is 13.3 Å². The third kappa shape index (κ3) is 3.38. The highest BCUT2D eigenvalue weighted by Gasteiger charge is 2.14. The SMILES string of the molecule is COC(=O)c1cnc(C)n1CCSc1ccccc1. The van der Waals surface area contributed by atoms with Crippen molar-refractivity contribution in [3.05, 3.63) is 48.0 Å². The van der Waals surface area contributed by atoms with Crippen LogP contribution in [0, 0.1) is 6.92 Å². The van der Waals surface area contributed by atoms with Crippen LogP contribution in [0.1, 0.15) is 16.3 Å². The van der Waals surface area contributed by atoms with Crippen LogP contribution in [0.3, 0.4) is 0 Å². The minimum atomic E-state index is -0.342. The maximum Gasteiger partial charge on any atom is 0.356 e. The molecule has 1 aromatic carbocycles. The summed E-state index contributed by atoms with van der Waals surface area (Å²) < 4.78 is 6.64. The number of imidazole rings is 1. The number of esters is 1. The number of methoxy groups -OCH3 is 1. The summed E-state index contributed by atoms with van der Waals surface area (Å²) >= 11 is 1.75. The monoisotopic (exact) mass is 276 g/mol. The molecule has 2 aromatic rings. The van der Waals surface area contributed by atoms with E-state index in [4.69, 9.17) is 4.74 Å². The number of hydrogen-bond acceptors (Lipinski definition) is 4. The third-order valence-electron chi connectivity index (χ3n) is 2.78. The Bertz CT molecular complexity index is 552. The summed E-state index contributed by atoms with van der Waals surface area (Å²) in [6, 6.07) is 10.2. The zero-order chi connectivity index (χ0) is 13.7. The molecule has 0 saturated carbocycles. The van der Waals surface area contributed by atoms with E-state index in [2.05, 4.69) is 17.1 Å². The van der Waals surface area contributed by atoms with Gasteiger partial charge in [0.2, 0.25) is 0 Å². The summed E-state index contributed by atoms with van der Waals surface area (Å²) in [5, 5.41) is 0. The Morgan fingerprint density at radius 3 is 2.79 bits per heavy atom. The molecule has 0 amide bonds. The van der Waals surface area contributed by atoms with Crippen molar-refractivity contribution in [2.24, 2.45) is 0 Å². The quantitative estimate of drug-likeness (QED) is 0.622. The molecule has 0 aliphatic carbocycles. The van der Waals surface area contributed by atoms with E-state index in [1.54, 1.807) is 18.0 Å². The van der Waals surface area contributed by atoms with E-state index >= 15 is 0 Å². The second-order valence-electron chi connectivity index (χ2n) is 4.00. The molecule has 2 rings (SSSR count). The number of ether oxygens (including phenoxy) is 1. The van der Waals surface area contributed by atoms with Gasteiger partial charge in [-0.3, -0.25) is 0 Å². The van der Waals surface area contributed by atoms with Gasteiger partial charge in [0.15, 0.2) is 0 Å². The number of rotatable bonds is 5. The Kier molecular flexibility index (Phi) is 4.63. The van der Waals surface area contributed by atoms with Crippen molar-refractivity contribution in [3.63, 3.8) is 0 Å². The average molecular weight is 276 g/mol. The smallest absolute Gasteiger partial charge is 0.356 e. The normalized spacial score (nSPS) is 10.4. The number of aromatic nitrogens is 2. The molecule has 1 heterocycles. The van der Waals surface area contributed by atoms with E-state index < -0.39 is 0 Å². The van der Waals surface area contributed by atoms with Crippen LogP contribution in [0.25, 0.3) is 0 Å². The van der Waals surface area contributed by atoms with E-state index in [1.165, 1.54) is 12.0 Å². The highest BCUT2D eigenvalue weighted by atomic mass is 32.2. The Labute approximate surface area is 116 Å². The van der Waals surface area contributed by atoms with Gasteiger partial charge in [-0.05, 0) is 19.1 Å². The Morgan fingerprint density at radius 1 is 1.37 bits per heavy atom. The van der Waals surface area contributed by atoms with Crippen molar-refractivity contribution in [2.45, 2.75) is 18.4 Å².